The lowest BCUT2D eigenvalue weighted by atomic mass is 10.0. The van der Waals surface area contributed by atoms with E-state index in [1.165, 1.54) is 38.9 Å². The molecular weight excluding hydrogens is 240 g/mol. The summed E-state index contributed by atoms with van der Waals surface area (Å²) in [6, 6.07) is 1.35. The van der Waals surface area contributed by atoms with Gasteiger partial charge in [0, 0.05) is 51.5 Å². The summed E-state index contributed by atoms with van der Waals surface area (Å²) in [5.41, 5.74) is 0. The Kier molecular flexibility index (Phi) is 6.57. The van der Waals surface area contributed by atoms with E-state index in [1.54, 1.807) is 0 Å². The maximum absolute atomic E-state index is 5.64. The van der Waals surface area contributed by atoms with Crippen LogP contribution < -0.4 is 0 Å². The Morgan fingerprint density at radius 3 is 2.84 bits per heavy atom. The van der Waals surface area contributed by atoms with Crippen molar-refractivity contribution in [3.8, 4) is 0 Å². The average molecular weight is 270 g/mol. The number of hydrogen-bond donors (Lipinski definition) is 0. The molecule has 0 aromatic carbocycles. The highest BCUT2D eigenvalue weighted by Gasteiger charge is 2.30. The Morgan fingerprint density at radius 2 is 2.16 bits per heavy atom. The minimum absolute atomic E-state index is 0.664. The van der Waals surface area contributed by atoms with Crippen LogP contribution in [0.4, 0.5) is 0 Å². The Hall–Kier alpha value is -0.160. The summed E-state index contributed by atoms with van der Waals surface area (Å²) in [5.74, 6) is 0. The molecule has 4 heteroatoms. The van der Waals surface area contributed by atoms with Crippen molar-refractivity contribution in [2.45, 2.75) is 45.2 Å². The first-order valence-electron chi connectivity index (χ1n) is 7.98. The smallest absolute Gasteiger partial charge is 0.0621 e. The molecule has 0 N–H and O–H groups in total. The fourth-order valence-electron chi connectivity index (χ4n) is 3.27. The lowest BCUT2D eigenvalue weighted by Crippen LogP contribution is -2.57. The van der Waals surface area contributed by atoms with Gasteiger partial charge in [0.15, 0.2) is 0 Å². The van der Waals surface area contributed by atoms with Gasteiger partial charge < -0.3 is 9.47 Å². The second-order valence-electron chi connectivity index (χ2n) is 5.66. The van der Waals surface area contributed by atoms with Gasteiger partial charge in [0.2, 0.25) is 0 Å². The molecule has 112 valence electrons. The van der Waals surface area contributed by atoms with Crippen molar-refractivity contribution >= 4 is 0 Å². The highest BCUT2D eigenvalue weighted by molar-refractivity contribution is 4.85. The number of rotatable bonds is 6. The molecule has 0 aliphatic carbocycles. The Balaban J connectivity index is 1.79. The molecule has 2 saturated heterocycles. The first kappa shape index (κ1) is 15.2. The van der Waals surface area contributed by atoms with Crippen molar-refractivity contribution in [1.82, 2.24) is 9.80 Å². The van der Waals surface area contributed by atoms with E-state index in [-0.39, 0.29) is 0 Å². The Labute approximate surface area is 118 Å². The van der Waals surface area contributed by atoms with Crippen molar-refractivity contribution in [1.29, 1.82) is 0 Å². The van der Waals surface area contributed by atoms with Gasteiger partial charge in [-0.3, -0.25) is 9.80 Å². The molecule has 2 aliphatic rings. The predicted octanol–water partition coefficient (Wildman–Crippen LogP) is 1.60. The Bertz CT molecular complexity index is 244. The molecule has 2 heterocycles. The van der Waals surface area contributed by atoms with Crippen molar-refractivity contribution in [2.24, 2.45) is 0 Å². The zero-order chi connectivity index (χ0) is 13.5. The predicted molar refractivity (Wildman–Crippen MR) is 77.6 cm³/mol. The molecule has 2 aliphatic heterocycles. The molecule has 0 amide bonds. The maximum Gasteiger partial charge on any atom is 0.0621 e. The average Bonchev–Trinajstić information content (AvgIpc) is 2.48. The second-order valence-corrected chi connectivity index (χ2v) is 5.66. The van der Waals surface area contributed by atoms with Gasteiger partial charge in [-0.05, 0) is 26.2 Å². The van der Waals surface area contributed by atoms with Crippen LogP contribution in [-0.4, -0.2) is 74.5 Å². The van der Waals surface area contributed by atoms with Crippen LogP contribution in [0.15, 0.2) is 0 Å². The minimum atomic E-state index is 0.664. The van der Waals surface area contributed by atoms with Crippen LogP contribution in [0.25, 0.3) is 0 Å². The van der Waals surface area contributed by atoms with Crippen LogP contribution in [0.5, 0.6) is 0 Å². The van der Waals surface area contributed by atoms with Crippen LogP contribution in [0.2, 0.25) is 0 Å². The van der Waals surface area contributed by atoms with Gasteiger partial charge in [0.25, 0.3) is 0 Å². The molecule has 0 aromatic heterocycles. The van der Waals surface area contributed by atoms with Gasteiger partial charge in [-0.2, -0.15) is 0 Å². The third-order valence-corrected chi connectivity index (χ3v) is 4.49. The molecule has 0 saturated carbocycles. The summed E-state index contributed by atoms with van der Waals surface area (Å²) in [4.78, 5) is 5.26. The molecule has 0 bridgehead atoms. The number of piperazine rings is 1. The highest BCUT2D eigenvalue weighted by atomic mass is 16.5. The summed E-state index contributed by atoms with van der Waals surface area (Å²) < 4.78 is 11.1. The molecule has 2 rings (SSSR count). The molecule has 2 unspecified atom stereocenters. The molecule has 2 atom stereocenters. The van der Waals surface area contributed by atoms with Crippen LogP contribution >= 0.6 is 0 Å². The summed E-state index contributed by atoms with van der Waals surface area (Å²) in [7, 11) is 0. The van der Waals surface area contributed by atoms with E-state index in [0.29, 0.717) is 12.1 Å². The number of nitrogens with zero attached hydrogens (tertiary/aromatic N) is 2. The molecule has 0 radical (unpaired) electrons. The fraction of sp³-hybridized carbons (Fsp3) is 1.00. The quantitative estimate of drug-likeness (QED) is 0.685. The molecule has 2 fully saturated rings. The van der Waals surface area contributed by atoms with Crippen LogP contribution in [0, 0.1) is 0 Å². The first-order chi connectivity index (χ1) is 9.35. The molecule has 0 spiro atoms. The third kappa shape index (κ3) is 4.42. The summed E-state index contributed by atoms with van der Waals surface area (Å²) in [6.07, 6.45) is 3.78. The van der Waals surface area contributed by atoms with E-state index in [4.69, 9.17) is 9.47 Å². The van der Waals surface area contributed by atoms with E-state index < -0.39 is 0 Å². The van der Waals surface area contributed by atoms with Gasteiger partial charge in [-0.15, -0.1) is 0 Å². The number of hydrogen-bond acceptors (Lipinski definition) is 4. The van der Waals surface area contributed by atoms with Gasteiger partial charge in [-0.1, -0.05) is 6.92 Å². The van der Waals surface area contributed by atoms with E-state index in [1.807, 2.05) is 0 Å². The van der Waals surface area contributed by atoms with E-state index in [2.05, 4.69) is 23.6 Å². The van der Waals surface area contributed by atoms with Crippen molar-refractivity contribution < 1.29 is 9.47 Å². The van der Waals surface area contributed by atoms with E-state index in [0.717, 1.165) is 33.0 Å². The lowest BCUT2D eigenvalue weighted by Gasteiger charge is -2.45. The van der Waals surface area contributed by atoms with Crippen molar-refractivity contribution in [3.63, 3.8) is 0 Å². The second kappa shape index (κ2) is 8.20. The monoisotopic (exact) mass is 270 g/mol. The minimum Gasteiger partial charge on any atom is -0.380 e. The van der Waals surface area contributed by atoms with E-state index in [9.17, 15) is 0 Å². The fourth-order valence-corrected chi connectivity index (χ4v) is 3.27. The largest absolute Gasteiger partial charge is 0.380 e. The van der Waals surface area contributed by atoms with Crippen molar-refractivity contribution in [3.05, 3.63) is 0 Å². The zero-order valence-electron chi connectivity index (χ0n) is 12.6. The van der Waals surface area contributed by atoms with Gasteiger partial charge >= 0.3 is 0 Å². The van der Waals surface area contributed by atoms with Crippen LogP contribution in [0.3, 0.4) is 0 Å². The Morgan fingerprint density at radius 1 is 1.26 bits per heavy atom. The van der Waals surface area contributed by atoms with Crippen molar-refractivity contribution in [2.75, 3.05) is 52.6 Å². The van der Waals surface area contributed by atoms with Crippen LogP contribution in [0.1, 0.15) is 33.1 Å². The summed E-state index contributed by atoms with van der Waals surface area (Å²) in [6.45, 7) is 12.6. The molecule has 19 heavy (non-hydrogen) atoms. The molecule has 4 nitrogen and oxygen atoms in total. The third-order valence-electron chi connectivity index (χ3n) is 4.49. The van der Waals surface area contributed by atoms with Gasteiger partial charge in [-0.25, -0.2) is 0 Å². The van der Waals surface area contributed by atoms with Crippen LogP contribution in [-0.2, 0) is 9.47 Å². The number of ether oxygens (including phenoxy) is 2. The molecule has 0 aromatic rings. The standard InChI is InChI=1S/C15H30N2O2/c1-3-14-12-17(15-6-5-10-19-13-15)8-7-16(14)9-11-18-4-2/h14-15H,3-13H2,1-2H3. The van der Waals surface area contributed by atoms with E-state index >= 15 is 0 Å². The maximum atomic E-state index is 5.64. The summed E-state index contributed by atoms with van der Waals surface area (Å²) in [5, 5.41) is 0. The lowest BCUT2D eigenvalue weighted by molar-refractivity contribution is -0.0243. The van der Waals surface area contributed by atoms with Gasteiger partial charge in [0.1, 0.15) is 0 Å². The highest BCUT2D eigenvalue weighted by Crippen LogP contribution is 2.19. The summed E-state index contributed by atoms with van der Waals surface area (Å²) >= 11 is 0. The normalized spacial score (nSPS) is 30.6. The topological polar surface area (TPSA) is 24.9 Å². The molecular formula is C15H30N2O2. The first-order valence-corrected chi connectivity index (χ1v) is 7.98. The van der Waals surface area contributed by atoms with Gasteiger partial charge in [0.05, 0.1) is 13.2 Å². The zero-order valence-corrected chi connectivity index (χ0v) is 12.6. The SMILES string of the molecule is CCOCCN1CCN(C2CCCOC2)CC1CC.